The fourth-order valence-electron chi connectivity index (χ4n) is 3.40. The highest BCUT2D eigenvalue weighted by molar-refractivity contribution is 5.88. The number of fused-ring (bicyclic) bond motifs is 1. The first-order valence-electron chi connectivity index (χ1n) is 9.46. The van der Waals surface area contributed by atoms with Crippen LogP contribution >= 0.6 is 0 Å². The van der Waals surface area contributed by atoms with E-state index in [4.69, 9.17) is 20.4 Å². The van der Waals surface area contributed by atoms with Crippen LogP contribution < -0.4 is 0 Å². The predicted octanol–water partition coefficient (Wildman–Crippen LogP) is 4.40. The maximum absolute atomic E-state index is 7.85. The van der Waals surface area contributed by atoms with Crippen LogP contribution in [0.5, 0.6) is 0 Å². The summed E-state index contributed by atoms with van der Waals surface area (Å²) in [6.45, 7) is 1.82. The second-order valence-electron chi connectivity index (χ2n) is 7.08. The highest BCUT2D eigenvalue weighted by atomic mass is 15.0. The van der Waals surface area contributed by atoms with Gasteiger partial charge in [0, 0.05) is 49.2 Å². The zero-order valence-electron chi connectivity index (χ0n) is 16.2. The van der Waals surface area contributed by atoms with Gasteiger partial charge in [0.2, 0.25) is 0 Å². The first kappa shape index (κ1) is 18.0. The lowest BCUT2D eigenvalue weighted by atomic mass is 10.1. The highest BCUT2D eigenvalue weighted by Crippen LogP contribution is 2.20. The average Bonchev–Trinajstić information content (AvgIpc) is 3.07. The number of benzene rings is 2. The molecule has 4 aromatic rings. The molecule has 0 spiro atoms. The number of hydrogen-bond donors (Lipinski definition) is 1. The maximum Gasteiger partial charge on any atom is 0.129 e. The lowest BCUT2D eigenvalue weighted by Crippen LogP contribution is -2.07. The van der Waals surface area contributed by atoms with Crippen molar-refractivity contribution in [3.63, 3.8) is 0 Å². The van der Waals surface area contributed by atoms with E-state index >= 15 is 0 Å². The second kappa shape index (κ2) is 7.72. The Balaban J connectivity index is 1.59. The van der Waals surface area contributed by atoms with Crippen molar-refractivity contribution >= 4 is 16.6 Å². The van der Waals surface area contributed by atoms with Crippen molar-refractivity contribution in [3.8, 4) is 11.3 Å². The Labute approximate surface area is 164 Å². The second-order valence-corrected chi connectivity index (χ2v) is 7.08. The number of rotatable bonds is 6. The fourth-order valence-corrected chi connectivity index (χ4v) is 3.40. The molecule has 2 heterocycles. The number of aromatic nitrogens is 4. The van der Waals surface area contributed by atoms with E-state index in [-0.39, 0.29) is 0 Å². The molecule has 1 N–H and O–H groups in total. The smallest absolute Gasteiger partial charge is 0.129 e. The number of nitrogens with one attached hydrogen (secondary N) is 1. The van der Waals surface area contributed by atoms with Gasteiger partial charge >= 0.3 is 0 Å². The van der Waals surface area contributed by atoms with Crippen molar-refractivity contribution in [1.82, 2.24) is 19.5 Å². The van der Waals surface area contributed by atoms with E-state index in [9.17, 15) is 0 Å². The monoisotopic (exact) mass is 369 g/mol. The zero-order valence-corrected chi connectivity index (χ0v) is 16.2. The SMILES string of the molecule is CC(=N)Cc1nc(CCc2nc(-c3ccccc3)cn2C)nc2ccccc12. The molecule has 0 radical (unpaired) electrons. The lowest BCUT2D eigenvalue weighted by Gasteiger charge is -2.08. The minimum atomic E-state index is 0.552. The highest BCUT2D eigenvalue weighted by Gasteiger charge is 2.11. The number of aryl methyl sites for hydroxylation is 3. The zero-order chi connectivity index (χ0) is 19.5. The molecule has 0 aliphatic heterocycles. The summed E-state index contributed by atoms with van der Waals surface area (Å²) in [5.41, 5.74) is 4.57. The van der Waals surface area contributed by atoms with Crippen molar-refractivity contribution in [2.75, 3.05) is 0 Å². The Morgan fingerprint density at radius 1 is 0.929 bits per heavy atom. The van der Waals surface area contributed by atoms with Crippen LogP contribution in [0.3, 0.4) is 0 Å². The standard InChI is InChI=1S/C23H23N5/c1-16(24)14-20-18-10-6-7-11-19(18)25-22(26-20)12-13-23-27-21(15-28(23)2)17-8-4-3-5-9-17/h3-11,15,24H,12-14H2,1-2H3. The summed E-state index contributed by atoms with van der Waals surface area (Å²) in [5.74, 6) is 1.82. The molecule has 28 heavy (non-hydrogen) atoms. The van der Waals surface area contributed by atoms with Crippen LogP contribution in [-0.2, 0) is 26.3 Å². The summed E-state index contributed by atoms with van der Waals surface area (Å²) in [6, 6.07) is 18.2. The van der Waals surface area contributed by atoms with Gasteiger partial charge in [-0.25, -0.2) is 15.0 Å². The fraction of sp³-hybridized carbons (Fsp3) is 0.217. The molecule has 0 aliphatic rings. The van der Waals surface area contributed by atoms with Crippen molar-refractivity contribution in [2.24, 2.45) is 7.05 Å². The van der Waals surface area contributed by atoms with Crippen molar-refractivity contribution < 1.29 is 0 Å². The molecular weight excluding hydrogens is 346 g/mol. The van der Waals surface area contributed by atoms with E-state index in [1.165, 1.54) is 0 Å². The van der Waals surface area contributed by atoms with Gasteiger partial charge in [-0.3, -0.25) is 0 Å². The van der Waals surface area contributed by atoms with Crippen LogP contribution in [0.4, 0.5) is 0 Å². The molecule has 0 fully saturated rings. The molecule has 2 aromatic heterocycles. The maximum atomic E-state index is 7.85. The molecule has 0 atom stereocenters. The Hall–Kier alpha value is -3.34. The van der Waals surface area contributed by atoms with Gasteiger partial charge in [0.1, 0.15) is 11.6 Å². The van der Waals surface area contributed by atoms with Crippen molar-refractivity contribution in [2.45, 2.75) is 26.2 Å². The third-order valence-electron chi connectivity index (χ3n) is 4.78. The van der Waals surface area contributed by atoms with E-state index < -0.39 is 0 Å². The van der Waals surface area contributed by atoms with Crippen LogP contribution in [0.1, 0.15) is 24.3 Å². The van der Waals surface area contributed by atoms with Gasteiger partial charge in [-0.1, -0.05) is 48.5 Å². The van der Waals surface area contributed by atoms with E-state index in [0.717, 1.165) is 45.9 Å². The number of imidazole rings is 1. The van der Waals surface area contributed by atoms with Gasteiger partial charge in [0.05, 0.1) is 16.9 Å². The van der Waals surface area contributed by atoms with Gasteiger partial charge in [-0.15, -0.1) is 0 Å². The molecule has 0 saturated heterocycles. The van der Waals surface area contributed by atoms with Crippen LogP contribution in [0.2, 0.25) is 0 Å². The molecule has 2 aromatic carbocycles. The quantitative estimate of drug-likeness (QED) is 0.512. The van der Waals surface area contributed by atoms with E-state index in [2.05, 4.69) is 22.9 Å². The van der Waals surface area contributed by atoms with Gasteiger partial charge in [0.15, 0.2) is 0 Å². The van der Waals surface area contributed by atoms with Crippen LogP contribution in [0, 0.1) is 5.41 Å². The summed E-state index contributed by atoms with van der Waals surface area (Å²) < 4.78 is 2.08. The Morgan fingerprint density at radius 2 is 1.68 bits per heavy atom. The third kappa shape index (κ3) is 3.83. The third-order valence-corrected chi connectivity index (χ3v) is 4.78. The minimum Gasteiger partial charge on any atom is -0.337 e. The number of nitrogens with zero attached hydrogens (tertiary/aromatic N) is 4. The predicted molar refractivity (Wildman–Crippen MR) is 113 cm³/mol. The van der Waals surface area contributed by atoms with Gasteiger partial charge in [-0.05, 0) is 13.0 Å². The Morgan fingerprint density at radius 3 is 2.46 bits per heavy atom. The average molecular weight is 369 g/mol. The summed E-state index contributed by atoms with van der Waals surface area (Å²) >= 11 is 0. The first-order chi connectivity index (χ1) is 13.6. The summed E-state index contributed by atoms with van der Waals surface area (Å²) in [6.07, 6.45) is 4.10. The molecule has 0 bridgehead atoms. The minimum absolute atomic E-state index is 0.552. The number of para-hydroxylation sites is 1. The van der Waals surface area contributed by atoms with Crippen LogP contribution in [0.15, 0.2) is 60.8 Å². The summed E-state index contributed by atoms with van der Waals surface area (Å²) in [5, 5.41) is 8.88. The molecule has 0 aliphatic carbocycles. The molecule has 0 unspecified atom stereocenters. The molecule has 140 valence electrons. The summed E-state index contributed by atoms with van der Waals surface area (Å²) in [4.78, 5) is 14.3. The van der Waals surface area contributed by atoms with E-state index in [0.29, 0.717) is 18.6 Å². The molecular formula is C23H23N5. The molecule has 4 rings (SSSR count). The van der Waals surface area contributed by atoms with Gasteiger partial charge < -0.3 is 9.98 Å². The van der Waals surface area contributed by atoms with Crippen molar-refractivity contribution in [3.05, 3.63) is 78.1 Å². The Kier molecular flexibility index (Phi) is 4.98. The molecule has 0 saturated carbocycles. The van der Waals surface area contributed by atoms with Crippen LogP contribution in [-0.4, -0.2) is 25.2 Å². The largest absolute Gasteiger partial charge is 0.337 e. The molecule has 5 nitrogen and oxygen atoms in total. The molecule has 0 amide bonds. The number of hydrogen-bond acceptors (Lipinski definition) is 4. The van der Waals surface area contributed by atoms with Gasteiger partial charge in [-0.2, -0.15) is 0 Å². The normalized spacial score (nSPS) is 11.1. The van der Waals surface area contributed by atoms with Gasteiger partial charge in [0.25, 0.3) is 0 Å². The first-order valence-corrected chi connectivity index (χ1v) is 9.46. The Bertz CT molecular complexity index is 1130. The van der Waals surface area contributed by atoms with E-state index in [1.54, 1.807) is 0 Å². The van der Waals surface area contributed by atoms with E-state index in [1.807, 2.05) is 56.4 Å². The summed E-state index contributed by atoms with van der Waals surface area (Å²) in [7, 11) is 2.03. The molecule has 5 heteroatoms. The van der Waals surface area contributed by atoms with Crippen molar-refractivity contribution in [1.29, 1.82) is 5.41 Å². The topological polar surface area (TPSA) is 67.5 Å². The van der Waals surface area contributed by atoms with Crippen LogP contribution in [0.25, 0.3) is 22.2 Å². The lowest BCUT2D eigenvalue weighted by molar-refractivity contribution is 0.747.